The topological polar surface area (TPSA) is 20.6 Å². The predicted octanol–water partition coefficient (Wildman–Crippen LogP) is 4.08. The van der Waals surface area contributed by atoms with Crippen LogP contribution in [0.4, 0.5) is 0 Å². The molecular weight excluding hydrogens is 342 g/mol. The van der Waals surface area contributed by atoms with Crippen molar-refractivity contribution in [3.05, 3.63) is 4.65 Å². The molecule has 6 heteroatoms. The first kappa shape index (κ1) is 21.7. The summed E-state index contributed by atoms with van der Waals surface area (Å²) in [5, 5.41) is 0. The zero-order chi connectivity index (χ0) is 17.0. The zero-order valence-electron chi connectivity index (χ0n) is 15.7. The van der Waals surface area contributed by atoms with E-state index in [1.165, 1.54) is 0 Å². The van der Waals surface area contributed by atoms with Crippen molar-refractivity contribution in [2.75, 3.05) is 13.1 Å². The van der Waals surface area contributed by atoms with Crippen LogP contribution in [0, 0.1) is 0 Å². The molecule has 130 valence electrons. The molecule has 1 aliphatic rings. The van der Waals surface area contributed by atoms with Crippen molar-refractivity contribution in [2.24, 2.45) is 0 Å². The van der Waals surface area contributed by atoms with E-state index in [0.29, 0.717) is 12.1 Å². The summed E-state index contributed by atoms with van der Waals surface area (Å²) in [6.45, 7) is 24.7. The summed E-state index contributed by atoms with van der Waals surface area (Å²) in [7, 11) is -2.21. The van der Waals surface area contributed by atoms with Crippen molar-refractivity contribution in [2.45, 2.75) is 79.1 Å². The standard InChI is InChI=1S/C9H18N2.C6H18NSi2.Cu/c1-8(2)10-5-6-11(7-10)9(3)4;1-8(2,3)7-9(4,5)6;/h8-9H,5-6H2,1-4H3;1-6H3;/q;-1;+1. The molecule has 1 rings (SSSR count). The summed E-state index contributed by atoms with van der Waals surface area (Å²) in [6, 6.07) is 1.08. The third-order valence-corrected chi connectivity index (χ3v) is 8.84. The summed E-state index contributed by atoms with van der Waals surface area (Å²) in [4.78, 5) is 4.56. The van der Waals surface area contributed by atoms with Gasteiger partial charge in [0.15, 0.2) is 0 Å². The number of nitrogens with zero attached hydrogens (tertiary/aromatic N) is 3. The summed E-state index contributed by atoms with van der Waals surface area (Å²) < 4.78 is 5.83. The second kappa shape index (κ2) is 8.53. The molecule has 21 heavy (non-hydrogen) atoms. The van der Waals surface area contributed by atoms with Gasteiger partial charge in [0, 0.05) is 0 Å². The first-order chi connectivity index (χ1) is 9.24. The maximum absolute atomic E-state index is 5.52. The third-order valence-electron chi connectivity index (χ3n) is 2.93. The molecule has 0 aromatic rings. The van der Waals surface area contributed by atoms with Gasteiger partial charge in [0.2, 0.25) is 0 Å². The Morgan fingerprint density at radius 2 is 1.10 bits per heavy atom. The molecule has 0 unspecified atom stereocenters. The van der Waals surface area contributed by atoms with Crippen LogP contribution in [0.5, 0.6) is 0 Å². The minimum absolute atomic E-state index is 0.538. The van der Waals surface area contributed by atoms with Crippen molar-refractivity contribution < 1.29 is 15.6 Å². The first-order valence-corrected chi connectivity index (χ1v) is 15.4. The molecule has 0 saturated carbocycles. The fourth-order valence-corrected chi connectivity index (χ4v) is 11.2. The second-order valence-electron chi connectivity index (χ2n) is 8.26. The Kier molecular flexibility index (Phi) is 8.81. The molecule has 0 bridgehead atoms. The van der Waals surface area contributed by atoms with Gasteiger partial charge >= 0.3 is 82.9 Å². The Morgan fingerprint density at radius 1 is 0.810 bits per heavy atom. The normalized spacial score (nSPS) is 18.5. The minimum atomic E-state index is -1.11. The van der Waals surface area contributed by atoms with E-state index in [9.17, 15) is 0 Å². The van der Waals surface area contributed by atoms with Crippen LogP contribution >= 0.6 is 0 Å². The van der Waals surface area contributed by atoms with Crippen molar-refractivity contribution in [3.63, 3.8) is 0 Å². The van der Waals surface area contributed by atoms with Crippen LogP contribution in [-0.4, -0.2) is 56.1 Å². The van der Waals surface area contributed by atoms with Crippen molar-refractivity contribution in [1.29, 1.82) is 0 Å². The molecule has 0 N–H and O–H groups in total. The van der Waals surface area contributed by atoms with Crippen LogP contribution in [0.2, 0.25) is 39.3 Å². The molecule has 1 fully saturated rings. The van der Waals surface area contributed by atoms with Crippen LogP contribution in [0.15, 0.2) is 0 Å². The van der Waals surface area contributed by atoms with Crippen LogP contribution in [0.3, 0.4) is 0 Å². The van der Waals surface area contributed by atoms with Gasteiger partial charge in [0.25, 0.3) is 0 Å². The summed E-state index contributed by atoms with van der Waals surface area (Å²) in [5.74, 6) is 0. The molecule has 0 atom stereocenters. The van der Waals surface area contributed by atoms with E-state index in [1.54, 1.807) is 0 Å². The maximum atomic E-state index is 5.52. The average Bonchev–Trinajstić information content (AvgIpc) is 2.54. The van der Waals surface area contributed by atoms with Crippen LogP contribution in [-0.2, 0) is 15.6 Å². The molecule has 0 aromatic carbocycles. The van der Waals surface area contributed by atoms with E-state index >= 15 is 0 Å². The Labute approximate surface area is 143 Å². The van der Waals surface area contributed by atoms with E-state index in [-0.39, 0.29) is 0 Å². The van der Waals surface area contributed by atoms with Gasteiger partial charge in [-0.1, -0.05) is 55.8 Å². The van der Waals surface area contributed by atoms with Gasteiger partial charge in [0.1, 0.15) is 0 Å². The second-order valence-corrected chi connectivity index (χ2v) is 18.3. The monoisotopic (exact) mass is 377 g/mol. The van der Waals surface area contributed by atoms with E-state index in [4.69, 9.17) is 20.2 Å². The van der Waals surface area contributed by atoms with Gasteiger partial charge in [-0.05, 0) is 0 Å². The summed E-state index contributed by atoms with van der Waals surface area (Å²) in [5.41, 5.74) is 0. The Balaban J connectivity index is 0.000000400. The molecule has 0 amide bonds. The van der Waals surface area contributed by atoms with Gasteiger partial charge in [-0.2, -0.15) is 0 Å². The summed E-state index contributed by atoms with van der Waals surface area (Å²) >= 11 is 5.52. The predicted molar refractivity (Wildman–Crippen MR) is 98.7 cm³/mol. The molecule has 3 nitrogen and oxygen atoms in total. The smallest absolute Gasteiger partial charge is 0.0691 e. The van der Waals surface area contributed by atoms with Crippen molar-refractivity contribution in [3.8, 4) is 0 Å². The molecule has 0 spiro atoms. The largest absolute Gasteiger partial charge is 0.668 e. The molecule has 0 radical (unpaired) electrons. The maximum Gasteiger partial charge on any atom is -0.0691 e. The van der Waals surface area contributed by atoms with Crippen LogP contribution in [0.1, 0.15) is 27.7 Å². The molecule has 0 aromatic heterocycles. The minimum Gasteiger partial charge on any atom is -0.668 e. The van der Waals surface area contributed by atoms with Gasteiger partial charge in [-0.3, -0.25) is 0 Å². The van der Waals surface area contributed by atoms with E-state index < -0.39 is 16.5 Å². The quantitative estimate of drug-likeness (QED) is 0.688. The Morgan fingerprint density at radius 3 is 1.19 bits per heavy atom. The molecular formula is C15H36CuN3Si2. The number of hydrogen-bond acceptors (Lipinski definition) is 2. The SMILES string of the molecule is CC(C)N1CCN(C(C)C)[C]1=[Cu+].C[Si](C)(C)[N-][Si](C)(C)C. The van der Waals surface area contributed by atoms with E-state index in [0.717, 1.165) is 17.8 Å². The third kappa shape index (κ3) is 9.44. The molecule has 1 saturated heterocycles. The molecule has 1 heterocycles. The van der Waals surface area contributed by atoms with Crippen molar-refractivity contribution >= 4 is 21.1 Å². The van der Waals surface area contributed by atoms with Gasteiger partial charge < -0.3 is 4.65 Å². The fourth-order valence-electron chi connectivity index (χ4n) is 2.46. The fraction of sp³-hybridized carbons (Fsp3) is 0.933. The average molecular weight is 378 g/mol. The first-order valence-electron chi connectivity index (χ1n) is 8.00. The van der Waals surface area contributed by atoms with Crippen LogP contribution < -0.4 is 0 Å². The van der Waals surface area contributed by atoms with E-state index in [2.05, 4.69) is 76.8 Å². The van der Waals surface area contributed by atoms with Gasteiger partial charge in [-0.15, -0.1) is 0 Å². The Hall–Kier alpha value is 0.703. The number of hydrogen-bond donors (Lipinski definition) is 0. The van der Waals surface area contributed by atoms with Crippen LogP contribution in [0.25, 0.3) is 4.65 Å². The Bertz CT molecular complexity index is 303. The molecule has 1 aliphatic heterocycles. The molecule has 0 aliphatic carbocycles. The van der Waals surface area contributed by atoms with Gasteiger partial charge in [-0.25, -0.2) is 0 Å². The van der Waals surface area contributed by atoms with E-state index in [1.807, 2.05) is 0 Å². The zero-order valence-corrected chi connectivity index (χ0v) is 18.7. The summed E-state index contributed by atoms with van der Waals surface area (Å²) in [6.07, 6.45) is 0. The number of rotatable bonds is 4. The van der Waals surface area contributed by atoms with Gasteiger partial charge in [0.05, 0.1) is 0 Å². The van der Waals surface area contributed by atoms with Crippen molar-refractivity contribution in [1.82, 2.24) is 9.80 Å².